The number of aromatic nitrogens is 3. The zero-order valence-corrected chi connectivity index (χ0v) is 10.8. The number of nitrogens with zero attached hydrogens (tertiary/aromatic N) is 3. The summed E-state index contributed by atoms with van der Waals surface area (Å²) in [6.07, 6.45) is 0. The number of benzene rings is 1. The predicted molar refractivity (Wildman–Crippen MR) is 68.3 cm³/mol. The largest absolute Gasteiger partial charge is 0.324 e. The Morgan fingerprint density at radius 3 is 2.28 bits per heavy atom. The van der Waals surface area contributed by atoms with Crippen LogP contribution >= 0.6 is 0 Å². The molecule has 0 spiro atoms. The third-order valence-electron chi connectivity index (χ3n) is 2.69. The summed E-state index contributed by atoms with van der Waals surface area (Å²) >= 11 is 0. The van der Waals surface area contributed by atoms with Gasteiger partial charge in [-0.25, -0.2) is 4.39 Å². The molecule has 18 heavy (non-hydrogen) atoms. The van der Waals surface area contributed by atoms with Gasteiger partial charge in [-0.05, 0) is 45.0 Å². The van der Waals surface area contributed by atoms with E-state index >= 15 is 0 Å². The second kappa shape index (κ2) is 4.49. The molecule has 96 valence electrons. The first-order valence-corrected chi connectivity index (χ1v) is 5.84. The fourth-order valence-electron chi connectivity index (χ4n) is 1.94. The van der Waals surface area contributed by atoms with Crippen molar-refractivity contribution in [1.29, 1.82) is 0 Å². The van der Waals surface area contributed by atoms with Crippen molar-refractivity contribution in [1.82, 2.24) is 14.8 Å². The molecule has 1 aromatic heterocycles. The van der Waals surface area contributed by atoms with Crippen molar-refractivity contribution >= 4 is 0 Å². The Labute approximate surface area is 106 Å². The molecular weight excluding hydrogens is 231 g/mol. The van der Waals surface area contributed by atoms with E-state index in [1.807, 2.05) is 4.57 Å². The molecule has 0 aliphatic rings. The van der Waals surface area contributed by atoms with Crippen LogP contribution in [0, 0.1) is 5.82 Å². The average Bonchev–Trinajstić information content (AvgIpc) is 2.73. The maximum atomic E-state index is 12.9. The summed E-state index contributed by atoms with van der Waals surface area (Å²) in [5, 5.41) is 8.26. The fraction of sp³-hybridized carbons (Fsp3) is 0.385. The van der Waals surface area contributed by atoms with Crippen molar-refractivity contribution in [3.05, 3.63) is 35.9 Å². The van der Waals surface area contributed by atoms with Crippen molar-refractivity contribution in [2.24, 2.45) is 5.73 Å². The Morgan fingerprint density at radius 2 is 1.78 bits per heavy atom. The molecule has 0 bridgehead atoms. The highest BCUT2D eigenvalue weighted by Gasteiger charge is 2.23. The number of halogens is 1. The van der Waals surface area contributed by atoms with E-state index in [0.717, 1.165) is 11.4 Å². The van der Waals surface area contributed by atoms with E-state index in [1.165, 1.54) is 12.1 Å². The summed E-state index contributed by atoms with van der Waals surface area (Å²) in [5.41, 5.74) is 6.33. The molecule has 1 aromatic carbocycles. The molecular formula is C13H17FN4. The fourth-order valence-corrected chi connectivity index (χ4v) is 1.94. The quantitative estimate of drug-likeness (QED) is 0.887. The summed E-state index contributed by atoms with van der Waals surface area (Å²) in [4.78, 5) is 0. The van der Waals surface area contributed by atoms with Gasteiger partial charge < -0.3 is 10.3 Å². The van der Waals surface area contributed by atoms with Crippen LogP contribution in [0.25, 0.3) is 11.4 Å². The van der Waals surface area contributed by atoms with Gasteiger partial charge in [-0.15, -0.1) is 10.2 Å². The lowest BCUT2D eigenvalue weighted by atomic mass is 10.1. The van der Waals surface area contributed by atoms with Crippen LogP contribution in [-0.4, -0.2) is 14.8 Å². The van der Waals surface area contributed by atoms with Crippen molar-refractivity contribution in [2.45, 2.75) is 32.9 Å². The molecule has 0 radical (unpaired) electrons. The maximum Gasteiger partial charge on any atom is 0.164 e. The summed E-state index contributed by atoms with van der Waals surface area (Å²) in [5.74, 6) is 1.17. The molecule has 5 heteroatoms. The maximum absolute atomic E-state index is 12.9. The van der Waals surface area contributed by atoms with Gasteiger partial charge in [-0.2, -0.15) is 0 Å². The van der Waals surface area contributed by atoms with E-state index in [9.17, 15) is 4.39 Å². The van der Waals surface area contributed by atoms with E-state index < -0.39 is 0 Å². The topological polar surface area (TPSA) is 56.7 Å². The standard InChI is InChI=1S/C13H17FN4/c1-13(2,3)18-11(8-15)16-17-12(18)9-4-6-10(14)7-5-9/h4-7H,8,15H2,1-3H3. The first kappa shape index (κ1) is 12.7. The molecule has 0 atom stereocenters. The van der Waals surface area contributed by atoms with Gasteiger partial charge in [0.05, 0.1) is 6.54 Å². The summed E-state index contributed by atoms with van der Waals surface area (Å²) < 4.78 is 14.9. The van der Waals surface area contributed by atoms with Crippen molar-refractivity contribution < 1.29 is 4.39 Å². The smallest absolute Gasteiger partial charge is 0.164 e. The lowest BCUT2D eigenvalue weighted by Gasteiger charge is -2.24. The lowest BCUT2D eigenvalue weighted by Crippen LogP contribution is -2.26. The van der Waals surface area contributed by atoms with Crippen molar-refractivity contribution in [3.8, 4) is 11.4 Å². The summed E-state index contributed by atoms with van der Waals surface area (Å²) in [6.45, 7) is 6.50. The third kappa shape index (κ3) is 2.26. The van der Waals surface area contributed by atoms with Crippen LogP contribution in [0.1, 0.15) is 26.6 Å². The van der Waals surface area contributed by atoms with Crippen LogP contribution in [0.3, 0.4) is 0 Å². The summed E-state index contributed by atoms with van der Waals surface area (Å²) in [7, 11) is 0. The van der Waals surface area contributed by atoms with Gasteiger partial charge >= 0.3 is 0 Å². The Hall–Kier alpha value is -1.75. The summed E-state index contributed by atoms with van der Waals surface area (Å²) in [6, 6.07) is 6.22. The van der Waals surface area contributed by atoms with Gasteiger partial charge in [-0.1, -0.05) is 0 Å². The normalized spacial score (nSPS) is 11.8. The Morgan fingerprint density at radius 1 is 1.17 bits per heavy atom. The van der Waals surface area contributed by atoms with E-state index in [2.05, 4.69) is 31.0 Å². The minimum atomic E-state index is -0.264. The third-order valence-corrected chi connectivity index (χ3v) is 2.69. The van der Waals surface area contributed by atoms with Crippen LogP contribution in [0.15, 0.2) is 24.3 Å². The highest BCUT2D eigenvalue weighted by Crippen LogP contribution is 2.25. The molecule has 0 amide bonds. The van der Waals surface area contributed by atoms with Gasteiger partial charge in [0, 0.05) is 11.1 Å². The Kier molecular flexibility index (Phi) is 3.17. The molecule has 2 rings (SSSR count). The SMILES string of the molecule is CC(C)(C)n1c(CN)nnc1-c1ccc(F)cc1. The number of hydrogen-bond donors (Lipinski definition) is 1. The molecule has 4 nitrogen and oxygen atoms in total. The van der Waals surface area contributed by atoms with Gasteiger partial charge in [-0.3, -0.25) is 0 Å². The second-order valence-electron chi connectivity index (χ2n) is 5.16. The first-order valence-electron chi connectivity index (χ1n) is 5.84. The van der Waals surface area contributed by atoms with Gasteiger partial charge in [0.1, 0.15) is 11.6 Å². The lowest BCUT2D eigenvalue weighted by molar-refractivity contribution is 0.386. The average molecular weight is 248 g/mol. The van der Waals surface area contributed by atoms with Crippen molar-refractivity contribution in [2.75, 3.05) is 0 Å². The number of hydrogen-bond acceptors (Lipinski definition) is 3. The first-order chi connectivity index (χ1) is 8.43. The minimum absolute atomic E-state index is 0.179. The zero-order valence-electron chi connectivity index (χ0n) is 10.8. The molecule has 0 fully saturated rings. The molecule has 0 aliphatic heterocycles. The van der Waals surface area contributed by atoms with Crippen LogP contribution < -0.4 is 5.73 Å². The van der Waals surface area contributed by atoms with Gasteiger partial charge in [0.25, 0.3) is 0 Å². The number of nitrogens with two attached hydrogens (primary N) is 1. The Bertz CT molecular complexity index is 537. The van der Waals surface area contributed by atoms with Crippen LogP contribution in [-0.2, 0) is 12.1 Å². The molecule has 1 heterocycles. The highest BCUT2D eigenvalue weighted by molar-refractivity contribution is 5.55. The molecule has 0 aliphatic carbocycles. The second-order valence-corrected chi connectivity index (χ2v) is 5.16. The zero-order chi connectivity index (χ0) is 13.3. The minimum Gasteiger partial charge on any atom is -0.324 e. The number of rotatable bonds is 2. The molecule has 0 saturated carbocycles. The predicted octanol–water partition coefficient (Wildman–Crippen LogP) is 2.30. The van der Waals surface area contributed by atoms with Gasteiger partial charge in [0.15, 0.2) is 5.82 Å². The molecule has 0 unspecified atom stereocenters. The highest BCUT2D eigenvalue weighted by atomic mass is 19.1. The monoisotopic (exact) mass is 248 g/mol. The molecule has 0 saturated heterocycles. The van der Waals surface area contributed by atoms with Crippen LogP contribution in [0.4, 0.5) is 4.39 Å². The van der Waals surface area contributed by atoms with Gasteiger partial charge in [0.2, 0.25) is 0 Å². The van der Waals surface area contributed by atoms with E-state index in [-0.39, 0.29) is 11.4 Å². The Balaban J connectivity index is 2.58. The van der Waals surface area contributed by atoms with Crippen molar-refractivity contribution in [3.63, 3.8) is 0 Å². The van der Waals surface area contributed by atoms with E-state index in [0.29, 0.717) is 12.4 Å². The molecule has 2 aromatic rings. The van der Waals surface area contributed by atoms with Crippen LogP contribution in [0.5, 0.6) is 0 Å². The van der Waals surface area contributed by atoms with Crippen LogP contribution in [0.2, 0.25) is 0 Å². The van der Waals surface area contributed by atoms with E-state index in [4.69, 9.17) is 5.73 Å². The molecule has 2 N–H and O–H groups in total. The van der Waals surface area contributed by atoms with E-state index in [1.54, 1.807) is 12.1 Å².